The Hall–Kier alpha value is -3.29. The Bertz CT molecular complexity index is 921. The fourth-order valence-corrected chi connectivity index (χ4v) is 2.92. The third-order valence-electron chi connectivity index (χ3n) is 4.59. The van der Waals surface area contributed by atoms with Crippen molar-refractivity contribution in [3.8, 4) is 17.4 Å². The first kappa shape index (κ1) is 18.1. The van der Waals surface area contributed by atoms with Gasteiger partial charge < -0.3 is 14.2 Å². The van der Waals surface area contributed by atoms with E-state index in [1.165, 1.54) is 0 Å². The molecule has 0 saturated carbocycles. The minimum Gasteiger partial charge on any atom is -0.494 e. The highest BCUT2D eigenvalue weighted by Crippen LogP contribution is 2.28. The molecule has 1 aromatic carbocycles. The van der Waals surface area contributed by atoms with Gasteiger partial charge in [-0.05, 0) is 36.8 Å². The number of hydrogen-bond donors (Lipinski definition) is 0. The van der Waals surface area contributed by atoms with Crippen molar-refractivity contribution in [3.63, 3.8) is 0 Å². The fourth-order valence-electron chi connectivity index (χ4n) is 2.92. The molecule has 0 N–H and O–H groups in total. The van der Waals surface area contributed by atoms with E-state index in [-0.39, 0.29) is 11.8 Å². The Kier molecular flexibility index (Phi) is 5.27. The van der Waals surface area contributed by atoms with Gasteiger partial charge in [0.2, 0.25) is 17.5 Å². The SMILES string of the molecule is CCCCOc1ccc(C(=O)N2CC(c3nc(-c4ncccn4)no3)C2)cc1. The molecule has 144 valence electrons. The predicted molar refractivity (Wildman–Crippen MR) is 101 cm³/mol. The van der Waals surface area contributed by atoms with E-state index in [1.807, 2.05) is 12.1 Å². The molecular weight excluding hydrogens is 358 g/mol. The standard InChI is InChI=1S/C20H21N5O3/c1-2-3-11-27-16-7-5-14(6-8-16)20(26)25-12-15(13-25)19-23-18(24-28-19)17-21-9-4-10-22-17/h4-10,15H,2-3,11-13H2,1H3. The van der Waals surface area contributed by atoms with E-state index >= 15 is 0 Å². The number of carbonyl (C=O) groups excluding carboxylic acids is 1. The van der Waals surface area contributed by atoms with Gasteiger partial charge in [-0.3, -0.25) is 4.79 Å². The van der Waals surface area contributed by atoms with Gasteiger partial charge in [0.15, 0.2) is 0 Å². The van der Waals surface area contributed by atoms with E-state index in [1.54, 1.807) is 35.5 Å². The Morgan fingerprint density at radius 3 is 2.64 bits per heavy atom. The van der Waals surface area contributed by atoms with Gasteiger partial charge in [0.1, 0.15) is 5.75 Å². The van der Waals surface area contributed by atoms with Gasteiger partial charge in [-0.25, -0.2) is 9.97 Å². The first-order chi connectivity index (χ1) is 13.7. The summed E-state index contributed by atoms with van der Waals surface area (Å²) < 4.78 is 11.0. The van der Waals surface area contributed by atoms with Crippen molar-refractivity contribution in [2.45, 2.75) is 25.7 Å². The van der Waals surface area contributed by atoms with Crippen LogP contribution in [0.4, 0.5) is 0 Å². The van der Waals surface area contributed by atoms with Crippen LogP contribution in [-0.4, -0.2) is 50.6 Å². The zero-order valence-corrected chi connectivity index (χ0v) is 15.6. The van der Waals surface area contributed by atoms with Gasteiger partial charge in [-0.2, -0.15) is 4.98 Å². The molecule has 1 aliphatic rings. The molecule has 0 bridgehead atoms. The maximum atomic E-state index is 12.6. The third kappa shape index (κ3) is 3.85. The molecule has 1 saturated heterocycles. The number of nitrogens with zero attached hydrogens (tertiary/aromatic N) is 5. The molecule has 8 nitrogen and oxygen atoms in total. The molecule has 0 spiro atoms. The highest BCUT2D eigenvalue weighted by molar-refractivity contribution is 5.95. The maximum Gasteiger partial charge on any atom is 0.253 e. The topological polar surface area (TPSA) is 94.2 Å². The summed E-state index contributed by atoms with van der Waals surface area (Å²) in [6.45, 7) is 3.91. The molecule has 0 aliphatic carbocycles. The largest absolute Gasteiger partial charge is 0.494 e. The molecule has 2 aromatic heterocycles. The van der Waals surface area contributed by atoms with Gasteiger partial charge in [-0.15, -0.1) is 0 Å². The zero-order chi connectivity index (χ0) is 19.3. The van der Waals surface area contributed by atoms with Gasteiger partial charge in [0.05, 0.1) is 12.5 Å². The number of aromatic nitrogens is 4. The van der Waals surface area contributed by atoms with Crippen LogP contribution in [0.25, 0.3) is 11.6 Å². The van der Waals surface area contributed by atoms with Crippen molar-refractivity contribution < 1.29 is 14.1 Å². The summed E-state index contributed by atoms with van der Waals surface area (Å²) in [5.74, 6) is 2.09. The number of rotatable bonds is 7. The van der Waals surface area contributed by atoms with Crippen LogP contribution in [0.3, 0.4) is 0 Å². The first-order valence-corrected chi connectivity index (χ1v) is 9.37. The first-order valence-electron chi connectivity index (χ1n) is 9.37. The van der Waals surface area contributed by atoms with Crippen molar-refractivity contribution in [2.24, 2.45) is 0 Å². The summed E-state index contributed by atoms with van der Waals surface area (Å²) in [4.78, 5) is 26.9. The quantitative estimate of drug-likeness (QED) is 0.583. The lowest BCUT2D eigenvalue weighted by Gasteiger charge is -2.37. The van der Waals surface area contributed by atoms with Crippen LogP contribution in [0.15, 0.2) is 47.2 Å². The smallest absolute Gasteiger partial charge is 0.253 e. The lowest BCUT2D eigenvalue weighted by Crippen LogP contribution is -2.48. The lowest BCUT2D eigenvalue weighted by atomic mass is 9.99. The van der Waals surface area contributed by atoms with E-state index in [9.17, 15) is 4.79 Å². The van der Waals surface area contributed by atoms with Crippen LogP contribution in [0.5, 0.6) is 5.75 Å². The number of amides is 1. The monoisotopic (exact) mass is 379 g/mol. The van der Waals surface area contributed by atoms with E-state index in [2.05, 4.69) is 27.0 Å². The highest BCUT2D eigenvalue weighted by Gasteiger charge is 2.36. The molecule has 0 unspecified atom stereocenters. The average Bonchev–Trinajstić information content (AvgIpc) is 3.18. The Balaban J connectivity index is 1.32. The van der Waals surface area contributed by atoms with Crippen LogP contribution in [-0.2, 0) is 0 Å². The molecule has 28 heavy (non-hydrogen) atoms. The van der Waals surface area contributed by atoms with Crippen molar-refractivity contribution in [3.05, 3.63) is 54.2 Å². The molecular formula is C20H21N5O3. The predicted octanol–water partition coefficient (Wildman–Crippen LogP) is 2.95. The summed E-state index contributed by atoms with van der Waals surface area (Å²) in [6, 6.07) is 9.00. The molecule has 1 amide bonds. The van der Waals surface area contributed by atoms with Gasteiger partial charge in [-0.1, -0.05) is 18.5 Å². The Morgan fingerprint density at radius 2 is 1.93 bits per heavy atom. The molecule has 3 aromatic rings. The normalized spacial score (nSPS) is 14.0. The van der Waals surface area contributed by atoms with Crippen LogP contribution < -0.4 is 4.74 Å². The second kappa shape index (κ2) is 8.16. The lowest BCUT2D eigenvalue weighted by molar-refractivity contribution is 0.0569. The minimum atomic E-state index is -0.0116. The number of hydrogen-bond acceptors (Lipinski definition) is 7. The number of ether oxygens (including phenoxy) is 1. The van der Waals surface area contributed by atoms with Crippen LogP contribution in [0.1, 0.15) is 41.9 Å². The second-order valence-electron chi connectivity index (χ2n) is 6.66. The molecule has 0 atom stereocenters. The van der Waals surface area contributed by atoms with Crippen molar-refractivity contribution in [2.75, 3.05) is 19.7 Å². The van der Waals surface area contributed by atoms with E-state index < -0.39 is 0 Å². The number of carbonyl (C=O) groups is 1. The maximum absolute atomic E-state index is 12.6. The van der Waals surface area contributed by atoms with Crippen molar-refractivity contribution >= 4 is 5.91 Å². The number of likely N-dealkylation sites (tertiary alicyclic amines) is 1. The Morgan fingerprint density at radius 1 is 1.18 bits per heavy atom. The van der Waals surface area contributed by atoms with E-state index in [0.29, 0.717) is 42.8 Å². The molecule has 3 heterocycles. The van der Waals surface area contributed by atoms with E-state index in [4.69, 9.17) is 9.26 Å². The summed E-state index contributed by atoms with van der Waals surface area (Å²) in [7, 11) is 0. The summed E-state index contributed by atoms with van der Waals surface area (Å²) >= 11 is 0. The number of benzene rings is 1. The molecule has 4 rings (SSSR count). The van der Waals surface area contributed by atoms with Crippen LogP contribution in [0, 0.1) is 0 Å². The fraction of sp³-hybridized carbons (Fsp3) is 0.350. The molecule has 0 radical (unpaired) electrons. The molecule has 1 aliphatic heterocycles. The average molecular weight is 379 g/mol. The second-order valence-corrected chi connectivity index (χ2v) is 6.66. The van der Waals surface area contributed by atoms with Gasteiger partial charge in [0.25, 0.3) is 5.91 Å². The number of unbranched alkanes of at least 4 members (excludes halogenated alkanes) is 1. The highest BCUT2D eigenvalue weighted by atomic mass is 16.5. The minimum absolute atomic E-state index is 0.0116. The summed E-state index contributed by atoms with van der Waals surface area (Å²) in [5.41, 5.74) is 0.644. The summed E-state index contributed by atoms with van der Waals surface area (Å²) in [6.07, 6.45) is 5.36. The third-order valence-corrected chi connectivity index (χ3v) is 4.59. The Labute approximate surface area is 162 Å². The van der Waals surface area contributed by atoms with Gasteiger partial charge in [0, 0.05) is 31.0 Å². The van der Waals surface area contributed by atoms with Gasteiger partial charge >= 0.3 is 0 Å². The van der Waals surface area contributed by atoms with E-state index in [0.717, 1.165) is 18.6 Å². The van der Waals surface area contributed by atoms with Crippen LogP contribution >= 0.6 is 0 Å². The zero-order valence-electron chi connectivity index (χ0n) is 15.6. The van der Waals surface area contributed by atoms with Crippen molar-refractivity contribution in [1.29, 1.82) is 0 Å². The molecule has 1 fully saturated rings. The van der Waals surface area contributed by atoms with Crippen molar-refractivity contribution in [1.82, 2.24) is 25.0 Å². The van der Waals surface area contributed by atoms with Crippen LogP contribution in [0.2, 0.25) is 0 Å². The molecule has 8 heteroatoms. The summed E-state index contributed by atoms with van der Waals surface area (Å²) in [5, 5.41) is 3.93.